The third-order valence-electron chi connectivity index (χ3n) is 10.8. The van der Waals surface area contributed by atoms with Crippen LogP contribution >= 0.6 is 23.2 Å². The molecule has 4 aliphatic rings. The van der Waals surface area contributed by atoms with Gasteiger partial charge in [-0.3, -0.25) is 19.4 Å². The minimum atomic E-state index is -1.73. The molecule has 1 aromatic rings. The number of carbonyl (C=O) groups is 3. The van der Waals surface area contributed by atoms with Crippen molar-refractivity contribution in [1.29, 1.82) is 0 Å². The third kappa shape index (κ3) is 13.7. The van der Waals surface area contributed by atoms with Crippen molar-refractivity contribution in [2.24, 2.45) is 21.7 Å². The molecule has 1 atom stereocenters. The summed E-state index contributed by atoms with van der Waals surface area (Å²) in [6.45, 7) is 14.9. The number of carbonyl (C=O) groups excluding carboxylic acids is 2. The van der Waals surface area contributed by atoms with Crippen LogP contribution < -0.4 is 0 Å². The lowest BCUT2D eigenvalue weighted by molar-refractivity contribution is -0.174. The summed E-state index contributed by atoms with van der Waals surface area (Å²) in [5, 5.41) is 10.9. The Morgan fingerprint density at radius 3 is 1.71 bits per heavy atom. The number of hydrogen-bond acceptors (Lipinski definition) is 6. The molecule has 1 heterocycles. The Morgan fingerprint density at radius 1 is 0.938 bits per heavy atom. The maximum atomic E-state index is 11.3. The second kappa shape index (κ2) is 18.6. The molecule has 0 aliphatic heterocycles. The molecule has 11 heteroatoms. The van der Waals surface area contributed by atoms with Gasteiger partial charge in [-0.25, -0.2) is 5.06 Å². The van der Waals surface area contributed by atoms with Crippen molar-refractivity contribution >= 4 is 49.7 Å². The fourth-order valence-corrected chi connectivity index (χ4v) is 8.50. The Kier molecular flexibility index (Phi) is 17.3. The molecule has 1 unspecified atom stereocenters. The molecule has 4 saturated carbocycles. The van der Waals surface area contributed by atoms with Crippen molar-refractivity contribution in [3.05, 3.63) is 28.0 Å². The van der Waals surface area contributed by atoms with E-state index in [1.165, 1.54) is 31.4 Å². The number of rotatable bonds is 14. The number of hydroxylamine groups is 2. The Bertz CT molecular complexity index is 1170. The Labute approximate surface area is 302 Å². The maximum Gasteiger partial charge on any atom is 0.309 e. The van der Waals surface area contributed by atoms with E-state index < -0.39 is 14.3 Å². The molecule has 1 N–H and O–H groups in total. The topological polar surface area (TPSA) is 106 Å². The third-order valence-corrected chi connectivity index (χ3v) is 16.1. The van der Waals surface area contributed by atoms with E-state index in [4.69, 9.17) is 37.6 Å². The zero-order chi connectivity index (χ0) is 35.7. The fraction of sp³-hybridized carbons (Fsp3) is 0.784. The van der Waals surface area contributed by atoms with Crippen LogP contribution in [-0.2, 0) is 23.6 Å². The van der Waals surface area contributed by atoms with Crippen molar-refractivity contribution in [2.75, 3.05) is 14.2 Å². The number of carboxylic acids is 1. The van der Waals surface area contributed by atoms with E-state index in [0.29, 0.717) is 15.5 Å². The van der Waals surface area contributed by atoms with Crippen LogP contribution in [0.15, 0.2) is 12.4 Å². The number of aldehydes is 1. The van der Waals surface area contributed by atoms with Crippen LogP contribution in [0.4, 0.5) is 0 Å². The first-order valence-corrected chi connectivity index (χ1v) is 20.7. The summed E-state index contributed by atoms with van der Waals surface area (Å²) in [4.78, 5) is 40.1. The predicted octanol–water partition coefficient (Wildman–Crippen LogP) is 10.7. The summed E-state index contributed by atoms with van der Waals surface area (Å²) in [5.41, 5.74) is 1.19. The minimum Gasteiger partial charge on any atom is -0.481 e. The number of nitrogens with zero attached hydrogens (tertiary/aromatic N) is 2. The monoisotopic (exact) mass is 730 g/mol. The second-order valence-electron chi connectivity index (χ2n) is 15.3. The summed E-state index contributed by atoms with van der Waals surface area (Å²) in [6.07, 6.45) is 16.5. The van der Waals surface area contributed by atoms with E-state index in [2.05, 4.69) is 32.7 Å². The largest absolute Gasteiger partial charge is 0.481 e. The number of halogens is 2. The first kappa shape index (κ1) is 44.5. The number of aromatic nitrogens is 1. The molecule has 276 valence electrons. The number of carboxylic acid groups (broad SMARTS) is 1. The van der Waals surface area contributed by atoms with Gasteiger partial charge in [0, 0.05) is 35.8 Å². The quantitative estimate of drug-likeness (QED) is 0.115. The number of hydrogen-bond donors (Lipinski definition) is 1. The van der Waals surface area contributed by atoms with E-state index in [1.54, 1.807) is 26.4 Å². The average Bonchev–Trinajstić information content (AvgIpc) is 3.86. The molecule has 0 saturated heterocycles. The van der Waals surface area contributed by atoms with Gasteiger partial charge in [0.05, 0.1) is 28.7 Å². The van der Waals surface area contributed by atoms with Gasteiger partial charge >= 0.3 is 5.97 Å². The molecule has 4 aliphatic carbocycles. The van der Waals surface area contributed by atoms with Gasteiger partial charge < -0.3 is 14.3 Å². The molecular weight excluding hydrogens is 667 g/mol. The molecule has 1 aromatic heterocycles. The fourth-order valence-electron chi connectivity index (χ4n) is 5.05. The Morgan fingerprint density at radius 2 is 1.42 bits per heavy atom. The van der Waals surface area contributed by atoms with Crippen LogP contribution in [0.5, 0.6) is 0 Å². The summed E-state index contributed by atoms with van der Waals surface area (Å²) in [6, 6.07) is 3.40. The van der Waals surface area contributed by atoms with Gasteiger partial charge in [-0.2, -0.15) is 0 Å². The highest BCUT2D eigenvalue weighted by Gasteiger charge is 2.47. The van der Waals surface area contributed by atoms with Gasteiger partial charge in [0.2, 0.25) is 0 Å². The van der Waals surface area contributed by atoms with Crippen LogP contribution in [0.3, 0.4) is 0 Å². The summed E-state index contributed by atoms with van der Waals surface area (Å²) in [7, 11) is 1.42. The van der Waals surface area contributed by atoms with Gasteiger partial charge in [-0.15, -0.1) is 0 Å². The molecule has 8 nitrogen and oxygen atoms in total. The van der Waals surface area contributed by atoms with Gasteiger partial charge in [0.1, 0.15) is 6.29 Å². The van der Waals surface area contributed by atoms with E-state index >= 15 is 0 Å². The van der Waals surface area contributed by atoms with Crippen LogP contribution in [0.25, 0.3) is 0 Å². The van der Waals surface area contributed by atoms with Crippen LogP contribution in [0.2, 0.25) is 28.2 Å². The molecule has 4 fully saturated rings. The molecular formula is C37H64Cl2N2O6Si. The normalized spacial score (nSPS) is 19.9. The Balaban J connectivity index is 0.000000388. The highest BCUT2D eigenvalue weighted by atomic mass is 35.5. The molecule has 0 bridgehead atoms. The van der Waals surface area contributed by atoms with Crippen LogP contribution in [0.1, 0.15) is 138 Å². The smallest absolute Gasteiger partial charge is 0.309 e. The van der Waals surface area contributed by atoms with Gasteiger partial charge in [0.15, 0.2) is 8.32 Å². The molecule has 1 amide bonds. The first-order chi connectivity index (χ1) is 21.9. The SMILES string of the molecule is C.CC1(C(=O)O)CC1.CC1(C=O)CC1.CC[Si](CC)(CC)OC(CCCC1(C)CC1)c1c(Cl)cncc1Cl.CON(C)C(=O)C1(C)CC1. The van der Waals surface area contributed by atoms with E-state index in [1.807, 2.05) is 13.8 Å². The predicted molar refractivity (Wildman–Crippen MR) is 199 cm³/mol. The first-order valence-electron chi connectivity index (χ1n) is 17.4. The zero-order valence-electron chi connectivity index (χ0n) is 30.3. The molecule has 0 spiro atoms. The number of amides is 1. The van der Waals surface area contributed by atoms with Crippen molar-refractivity contribution in [3.63, 3.8) is 0 Å². The van der Waals surface area contributed by atoms with Gasteiger partial charge in [0.25, 0.3) is 5.91 Å². The van der Waals surface area contributed by atoms with Crippen molar-refractivity contribution in [2.45, 2.75) is 151 Å². The van der Waals surface area contributed by atoms with Crippen molar-refractivity contribution in [1.82, 2.24) is 10.0 Å². The molecule has 48 heavy (non-hydrogen) atoms. The van der Waals surface area contributed by atoms with Gasteiger partial charge in [-0.05, 0) is 94.7 Å². The van der Waals surface area contributed by atoms with Crippen LogP contribution in [-0.4, -0.2) is 55.8 Å². The van der Waals surface area contributed by atoms with E-state index in [-0.39, 0.29) is 35.7 Å². The summed E-state index contributed by atoms with van der Waals surface area (Å²) in [5.74, 6) is -0.553. The molecule has 5 rings (SSSR count). The lowest BCUT2D eigenvalue weighted by atomic mass is 9.98. The average molecular weight is 732 g/mol. The summed E-state index contributed by atoms with van der Waals surface area (Å²) >= 11 is 12.9. The maximum absolute atomic E-state index is 11.3. The van der Waals surface area contributed by atoms with Crippen molar-refractivity contribution < 1.29 is 28.8 Å². The Hall–Kier alpha value is -1.52. The number of aliphatic carboxylic acids is 1. The lowest BCUT2D eigenvalue weighted by Crippen LogP contribution is -2.37. The van der Waals surface area contributed by atoms with Gasteiger partial charge in [-0.1, -0.05) is 78.6 Å². The molecule has 0 aromatic carbocycles. The summed E-state index contributed by atoms with van der Waals surface area (Å²) < 4.78 is 6.81. The molecule has 0 radical (unpaired) electrons. The van der Waals surface area contributed by atoms with E-state index in [9.17, 15) is 14.4 Å². The van der Waals surface area contributed by atoms with E-state index in [0.717, 1.165) is 81.3 Å². The lowest BCUT2D eigenvalue weighted by Gasteiger charge is -2.34. The zero-order valence-corrected chi connectivity index (χ0v) is 32.9. The highest BCUT2D eigenvalue weighted by Crippen LogP contribution is 2.50. The second-order valence-corrected chi connectivity index (χ2v) is 20.8. The minimum absolute atomic E-state index is 0. The number of pyridine rings is 1. The van der Waals surface area contributed by atoms with Crippen molar-refractivity contribution in [3.8, 4) is 0 Å². The standard InChI is InChI=1S/C19H31Cl2NOSi.C7H13NO2.C5H8O2.C5H8O.CH4/c1-5-24(6-2,7-3)23-17(9-8-10-19(4)11-12-19)18-15(20)13-22-14-16(18)21;1-7(4-5-7)6(9)8(2)10-3;1-5(2-3-5)4(6)7;1-5(4-6)2-3-5;/h13-14,17H,5-12H2,1-4H3;4-5H2,1-3H3;2-3H2,1H3,(H,6,7);4H,2-3H2,1H3;1H4. The van der Waals surface area contributed by atoms with Crippen LogP contribution in [0, 0.1) is 21.7 Å². The highest BCUT2D eigenvalue weighted by molar-refractivity contribution is 6.73.